The zero-order valence-electron chi connectivity index (χ0n) is 21.5. The van der Waals surface area contributed by atoms with Crippen molar-refractivity contribution in [2.75, 3.05) is 14.2 Å². The maximum atomic E-state index is 5.49. The van der Waals surface area contributed by atoms with Gasteiger partial charge < -0.3 is 9.47 Å². The van der Waals surface area contributed by atoms with Gasteiger partial charge >= 0.3 is 0 Å². The molecule has 7 rings (SSSR count). The van der Waals surface area contributed by atoms with E-state index in [1.165, 1.54) is 69.5 Å². The molecule has 0 aliphatic heterocycles. The van der Waals surface area contributed by atoms with Crippen molar-refractivity contribution in [3.05, 3.63) is 108 Å². The van der Waals surface area contributed by atoms with Crippen LogP contribution in [0.2, 0.25) is 0 Å². The maximum Gasteiger partial charge on any atom is 0.118 e. The Kier molecular flexibility index (Phi) is 5.34. The van der Waals surface area contributed by atoms with Crippen LogP contribution in [-0.4, -0.2) is 14.2 Å². The molecule has 0 saturated heterocycles. The first-order valence-corrected chi connectivity index (χ1v) is 13.6. The Balaban J connectivity index is 1.71. The second-order valence-corrected chi connectivity index (χ2v) is 11.0. The van der Waals surface area contributed by atoms with Crippen molar-refractivity contribution in [1.29, 1.82) is 0 Å². The standard InChI is InChI=1S/C35H26O2S/c1-21-16-26-19-31-32(20-33(26)38-21)35(23-10-14-28(37-3)15-11-23)30-18-25-7-5-4-6-24(25)17-29(30)34(31)22-8-12-27(36-2)13-9-22/h4-20H,1-3H3. The fourth-order valence-electron chi connectivity index (χ4n) is 5.71. The zero-order chi connectivity index (χ0) is 25.8. The molecule has 0 amide bonds. The van der Waals surface area contributed by atoms with Gasteiger partial charge in [0.05, 0.1) is 14.2 Å². The van der Waals surface area contributed by atoms with Gasteiger partial charge in [-0.2, -0.15) is 0 Å². The molecule has 3 heteroatoms. The summed E-state index contributed by atoms with van der Waals surface area (Å²) in [5.41, 5.74) is 4.88. The first-order chi connectivity index (χ1) is 18.6. The van der Waals surface area contributed by atoms with Crippen LogP contribution in [0.4, 0.5) is 0 Å². The molecule has 0 unspecified atom stereocenters. The zero-order valence-corrected chi connectivity index (χ0v) is 22.4. The molecule has 38 heavy (non-hydrogen) atoms. The Bertz CT molecular complexity index is 1840. The predicted molar refractivity (Wildman–Crippen MR) is 163 cm³/mol. The molecule has 0 radical (unpaired) electrons. The summed E-state index contributed by atoms with van der Waals surface area (Å²) in [6.45, 7) is 2.19. The van der Waals surface area contributed by atoms with Crippen LogP contribution >= 0.6 is 11.3 Å². The molecule has 0 atom stereocenters. The molecule has 2 nitrogen and oxygen atoms in total. The van der Waals surface area contributed by atoms with Crippen LogP contribution in [0, 0.1) is 6.92 Å². The fraction of sp³-hybridized carbons (Fsp3) is 0.0857. The minimum Gasteiger partial charge on any atom is -0.497 e. The van der Waals surface area contributed by atoms with Crippen molar-refractivity contribution in [1.82, 2.24) is 0 Å². The lowest BCUT2D eigenvalue weighted by Crippen LogP contribution is -1.92. The molecular weight excluding hydrogens is 484 g/mol. The summed E-state index contributed by atoms with van der Waals surface area (Å²) < 4.78 is 12.3. The summed E-state index contributed by atoms with van der Waals surface area (Å²) >= 11 is 1.85. The number of benzene rings is 6. The molecule has 0 aliphatic rings. The van der Waals surface area contributed by atoms with Crippen molar-refractivity contribution in [2.45, 2.75) is 6.92 Å². The van der Waals surface area contributed by atoms with Crippen LogP contribution in [0.5, 0.6) is 11.5 Å². The second-order valence-electron chi connectivity index (χ2n) is 9.74. The molecule has 0 bridgehead atoms. The maximum absolute atomic E-state index is 5.49. The molecule has 0 fully saturated rings. The number of aryl methyl sites for hydroxylation is 1. The Morgan fingerprint density at radius 2 is 0.947 bits per heavy atom. The SMILES string of the molecule is COc1ccc(-c2c3cc4ccccc4cc3c(-c3ccc(OC)cc3)c3cc4sc(C)cc4cc23)cc1. The lowest BCUT2D eigenvalue weighted by molar-refractivity contribution is 0.415. The van der Waals surface area contributed by atoms with E-state index in [-0.39, 0.29) is 0 Å². The average Bonchev–Trinajstić information content (AvgIpc) is 3.33. The highest BCUT2D eigenvalue weighted by molar-refractivity contribution is 7.19. The third-order valence-corrected chi connectivity index (χ3v) is 8.51. The summed E-state index contributed by atoms with van der Waals surface area (Å²) in [6, 6.07) is 37.4. The van der Waals surface area contributed by atoms with Crippen molar-refractivity contribution in [2.24, 2.45) is 0 Å². The van der Waals surface area contributed by atoms with Crippen molar-refractivity contribution < 1.29 is 9.47 Å². The first-order valence-electron chi connectivity index (χ1n) is 12.7. The number of hydrogen-bond acceptors (Lipinski definition) is 3. The molecule has 0 N–H and O–H groups in total. The molecule has 1 aromatic heterocycles. The normalized spacial score (nSPS) is 11.6. The Labute approximate surface area is 225 Å². The van der Waals surface area contributed by atoms with Gasteiger partial charge in [-0.1, -0.05) is 48.5 Å². The number of ether oxygens (including phenoxy) is 2. The number of hydrogen-bond donors (Lipinski definition) is 0. The minimum atomic E-state index is 0.860. The van der Waals surface area contributed by atoms with E-state index in [1.54, 1.807) is 14.2 Å². The monoisotopic (exact) mass is 510 g/mol. The van der Waals surface area contributed by atoms with Crippen molar-refractivity contribution in [3.8, 4) is 33.8 Å². The molecule has 0 saturated carbocycles. The summed E-state index contributed by atoms with van der Waals surface area (Å²) in [5.74, 6) is 1.72. The van der Waals surface area contributed by atoms with Crippen molar-refractivity contribution >= 4 is 53.7 Å². The molecule has 7 aromatic rings. The van der Waals surface area contributed by atoms with Crippen LogP contribution in [0.1, 0.15) is 4.88 Å². The van der Waals surface area contributed by atoms with Gasteiger partial charge in [0.1, 0.15) is 11.5 Å². The third-order valence-electron chi connectivity index (χ3n) is 7.50. The van der Waals surface area contributed by atoms with Gasteiger partial charge in [-0.3, -0.25) is 0 Å². The van der Waals surface area contributed by atoms with Crippen LogP contribution in [0.3, 0.4) is 0 Å². The lowest BCUT2D eigenvalue weighted by Gasteiger charge is -2.19. The molecule has 184 valence electrons. The van der Waals surface area contributed by atoms with E-state index in [2.05, 4.69) is 110 Å². The van der Waals surface area contributed by atoms with Crippen LogP contribution in [0.25, 0.3) is 64.7 Å². The molecule has 1 heterocycles. The average molecular weight is 511 g/mol. The highest BCUT2D eigenvalue weighted by Crippen LogP contribution is 2.47. The van der Waals surface area contributed by atoms with Gasteiger partial charge in [-0.25, -0.2) is 0 Å². The first kappa shape index (κ1) is 22.8. The Morgan fingerprint density at radius 3 is 1.42 bits per heavy atom. The second kappa shape index (κ2) is 8.90. The highest BCUT2D eigenvalue weighted by atomic mass is 32.1. The van der Waals surface area contributed by atoms with E-state index >= 15 is 0 Å². The number of rotatable bonds is 4. The van der Waals surface area contributed by atoms with Gasteiger partial charge in [-0.15, -0.1) is 11.3 Å². The van der Waals surface area contributed by atoms with Gasteiger partial charge in [0.15, 0.2) is 0 Å². The number of thiophene rings is 1. The van der Waals surface area contributed by atoms with Crippen LogP contribution in [0.15, 0.2) is 103 Å². The molecule has 0 aliphatic carbocycles. The van der Waals surface area contributed by atoms with E-state index in [9.17, 15) is 0 Å². The predicted octanol–water partition coefficient (Wildman–Crippen LogP) is 10.0. The summed E-state index contributed by atoms with van der Waals surface area (Å²) in [7, 11) is 3.43. The minimum absolute atomic E-state index is 0.860. The number of methoxy groups -OCH3 is 2. The van der Waals surface area contributed by atoms with E-state index in [0.29, 0.717) is 0 Å². The van der Waals surface area contributed by atoms with E-state index in [4.69, 9.17) is 9.47 Å². The van der Waals surface area contributed by atoms with Gasteiger partial charge in [0.2, 0.25) is 0 Å². The fourth-order valence-corrected chi connectivity index (χ4v) is 6.66. The lowest BCUT2D eigenvalue weighted by atomic mass is 9.84. The highest BCUT2D eigenvalue weighted by Gasteiger charge is 2.19. The largest absolute Gasteiger partial charge is 0.497 e. The molecular formula is C35H26O2S. The van der Waals surface area contributed by atoms with Crippen LogP contribution in [-0.2, 0) is 0 Å². The van der Waals surface area contributed by atoms with Crippen molar-refractivity contribution in [3.63, 3.8) is 0 Å². The molecule has 0 spiro atoms. The summed E-state index contributed by atoms with van der Waals surface area (Å²) in [5, 5.41) is 8.78. The van der Waals surface area contributed by atoms with Gasteiger partial charge in [0.25, 0.3) is 0 Å². The summed E-state index contributed by atoms with van der Waals surface area (Å²) in [6.07, 6.45) is 0. The Morgan fingerprint density at radius 1 is 0.500 bits per heavy atom. The Hall–Kier alpha value is -4.34. The van der Waals surface area contributed by atoms with Gasteiger partial charge in [-0.05, 0) is 121 Å². The summed E-state index contributed by atoms with van der Waals surface area (Å²) in [4.78, 5) is 1.32. The van der Waals surface area contributed by atoms with E-state index < -0.39 is 0 Å². The van der Waals surface area contributed by atoms with E-state index in [1.807, 2.05) is 11.3 Å². The molecule has 6 aromatic carbocycles. The van der Waals surface area contributed by atoms with Crippen LogP contribution < -0.4 is 9.47 Å². The quantitative estimate of drug-likeness (QED) is 0.219. The van der Waals surface area contributed by atoms with E-state index in [0.717, 1.165) is 11.5 Å². The smallest absolute Gasteiger partial charge is 0.118 e. The van der Waals surface area contributed by atoms with Gasteiger partial charge in [0, 0.05) is 9.58 Å². The third kappa shape index (κ3) is 3.62. The number of fused-ring (bicyclic) bond motifs is 4. The topological polar surface area (TPSA) is 18.5 Å².